The molecule has 1 aromatic carbocycles. The van der Waals surface area contributed by atoms with Gasteiger partial charge in [-0.25, -0.2) is 8.78 Å². The normalized spacial score (nSPS) is 13.4. The van der Waals surface area contributed by atoms with E-state index in [0.717, 1.165) is 12.1 Å². The third kappa shape index (κ3) is 4.98. The van der Waals surface area contributed by atoms with E-state index >= 15 is 0 Å². The average molecular weight is 259 g/mol. The summed E-state index contributed by atoms with van der Waals surface area (Å²) < 4.78 is 31.9. The van der Waals surface area contributed by atoms with E-state index in [0.29, 0.717) is 0 Å². The summed E-state index contributed by atoms with van der Waals surface area (Å²) in [5, 5.41) is 12.2. The van der Waals surface area contributed by atoms with E-state index in [9.17, 15) is 13.9 Å². The van der Waals surface area contributed by atoms with Crippen molar-refractivity contribution in [3.05, 3.63) is 29.8 Å². The van der Waals surface area contributed by atoms with Gasteiger partial charge in [-0.15, -0.1) is 0 Å². The first-order valence-corrected chi connectivity index (χ1v) is 5.79. The molecule has 0 heterocycles. The molecule has 0 aliphatic heterocycles. The molecule has 0 aromatic heterocycles. The van der Waals surface area contributed by atoms with E-state index in [-0.39, 0.29) is 24.4 Å². The Kier molecular flexibility index (Phi) is 5.04. The van der Waals surface area contributed by atoms with Crippen LogP contribution in [0.2, 0.25) is 0 Å². The van der Waals surface area contributed by atoms with Crippen molar-refractivity contribution in [2.75, 3.05) is 18.5 Å². The van der Waals surface area contributed by atoms with Crippen LogP contribution in [0.4, 0.5) is 14.5 Å². The molecule has 0 saturated carbocycles. The second kappa shape index (κ2) is 6.11. The highest BCUT2D eigenvalue weighted by atomic mass is 19.1. The Hall–Kier alpha value is -1.20. The molecule has 0 aliphatic rings. The third-order valence-electron chi connectivity index (χ3n) is 2.19. The lowest BCUT2D eigenvalue weighted by Crippen LogP contribution is -2.30. The van der Waals surface area contributed by atoms with Crippen molar-refractivity contribution >= 4 is 5.69 Å². The van der Waals surface area contributed by atoms with Crippen molar-refractivity contribution in [3.63, 3.8) is 0 Å². The minimum atomic E-state index is -0.830. The van der Waals surface area contributed by atoms with Crippen LogP contribution in [0.1, 0.15) is 20.8 Å². The fourth-order valence-corrected chi connectivity index (χ4v) is 1.29. The Morgan fingerprint density at radius 1 is 1.28 bits per heavy atom. The van der Waals surface area contributed by atoms with Crippen LogP contribution in [0.25, 0.3) is 0 Å². The second-order valence-electron chi connectivity index (χ2n) is 5.05. The lowest BCUT2D eigenvalue weighted by atomic mass is 10.2. The van der Waals surface area contributed by atoms with Gasteiger partial charge in [-0.3, -0.25) is 0 Å². The monoisotopic (exact) mass is 259 g/mol. The van der Waals surface area contributed by atoms with Crippen LogP contribution >= 0.6 is 0 Å². The molecule has 5 heteroatoms. The number of hydrogen-bond acceptors (Lipinski definition) is 3. The molecule has 3 nitrogen and oxygen atoms in total. The maximum absolute atomic E-state index is 13.3. The molecule has 1 rings (SSSR count). The molecule has 0 bridgehead atoms. The fraction of sp³-hybridized carbons (Fsp3) is 0.538. The standard InChI is InChI=1S/C13H19F2NO2/c1-13(2,3)18-8-9(17)7-16-12-10(14)5-4-6-11(12)15/h4-6,9,16-17H,7-8H2,1-3H3. The molecule has 1 aromatic rings. The zero-order valence-electron chi connectivity index (χ0n) is 10.8. The third-order valence-corrected chi connectivity index (χ3v) is 2.19. The van der Waals surface area contributed by atoms with E-state index < -0.39 is 17.7 Å². The lowest BCUT2D eigenvalue weighted by Gasteiger charge is -2.22. The van der Waals surface area contributed by atoms with Crippen molar-refractivity contribution in [1.82, 2.24) is 0 Å². The summed E-state index contributed by atoms with van der Waals surface area (Å²) in [6.07, 6.45) is -0.830. The van der Waals surface area contributed by atoms with E-state index in [1.54, 1.807) is 0 Å². The maximum Gasteiger partial charge on any atom is 0.149 e. The topological polar surface area (TPSA) is 41.5 Å². The van der Waals surface area contributed by atoms with Crippen molar-refractivity contribution < 1.29 is 18.6 Å². The van der Waals surface area contributed by atoms with E-state index in [4.69, 9.17) is 4.74 Å². The van der Waals surface area contributed by atoms with E-state index in [2.05, 4.69) is 5.32 Å². The Balaban J connectivity index is 2.45. The molecule has 0 spiro atoms. The summed E-state index contributed by atoms with van der Waals surface area (Å²) in [5.74, 6) is -1.36. The maximum atomic E-state index is 13.3. The first-order chi connectivity index (χ1) is 8.29. The molecule has 18 heavy (non-hydrogen) atoms. The summed E-state index contributed by atoms with van der Waals surface area (Å²) in [7, 11) is 0. The van der Waals surface area contributed by atoms with Crippen LogP contribution in [-0.2, 0) is 4.74 Å². The van der Waals surface area contributed by atoms with Gasteiger partial charge in [0.25, 0.3) is 0 Å². The van der Waals surface area contributed by atoms with Crippen LogP contribution in [0, 0.1) is 11.6 Å². The number of anilines is 1. The number of nitrogens with one attached hydrogen (secondary N) is 1. The smallest absolute Gasteiger partial charge is 0.149 e. The zero-order chi connectivity index (χ0) is 13.8. The highest BCUT2D eigenvalue weighted by Gasteiger charge is 2.15. The molecule has 1 atom stereocenters. The summed E-state index contributed by atoms with van der Waals surface area (Å²) in [4.78, 5) is 0. The molecule has 0 saturated heterocycles. The summed E-state index contributed by atoms with van der Waals surface area (Å²) in [6.45, 7) is 5.72. The predicted octanol–water partition coefficient (Wildman–Crippen LogP) is 2.55. The van der Waals surface area contributed by atoms with Gasteiger partial charge in [-0.05, 0) is 32.9 Å². The summed E-state index contributed by atoms with van der Waals surface area (Å²) in [5.41, 5.74) is -0.586. The van der Waals surface area contributed by atoms with Crippen LogP contribution in [0.5, 0.6) is 0 Å². The van der Waals surface area contributed by atoms with Crippen LogP contribution in [-0.4, -0.2) is 30.0 Å². The molecule has 0 radical (unpaired) electrons. The number of halogens is 2. The first kappa shape index (κ1) is 14.9. The van der Waals surface area contributed by atoms with Gasteiger partial charge in [0, 0.05) is 6.54 Å². The molecule has 102 valence electrons. The Labute approximate surface area is 106 Å². The molecule has 1 unspecified atom stereocenters. The highest BCUT2D eigenvalue weighted by molar-refractivity contribution is 5.46. The van der Waals surface area contributed by atoms with Crippen LogP contribution in [0.3, 0.4) is 0 Å². The van der Waals surface area contributed by atoms with Crippen LogP contribution < -0.4 is 5.32 Å². The Morgan fingerprint density at radius 3 is 2.33 bits per heavy atom. The van der Waals surface area contributed by atoms with Gasteiger partial charge < -0.3 is 15.2 Å². The van der Waals surface area contributed by atoms with Gasteiger partial charge in [0.2, 0.25) is 0 Å². The molecule has 0 aliphatic carbocycles. The van der Waals surface area contributed by atoms with Gasteiger partial charge in [0.1, 0.15) is 17.3 Å². The number of hydrogen-bond donors (Lipinski definition) is 2. The zero-order valence-corrected chi connectivity index (χ0v) is 10.8. The van der Waals surface area contributed by atoms with E-state index in [1.807, 2.05) is 20.8 Å². The van der Waals surface area contributed by atoms with Crippen LogP contribution in [0.15, 0.2) is 18.2 Å². The minimum Gasteiger partial charge on any atom is -0.389 e. The van der Waals surface area contributed by atoms with Crippen molar-refractivity contribution in [2.45, 2.75) is 32.5 Å². The summed E-state index contributed by atoms with van der Waals surface area (Å²) >= 11 is 0. The number of benzene rings is 1. The van der Waals surface area contributed by atoms with Crippen molar-refractivity contribution in [1.29, 1.82) is 0 Å². The molecular weight excluding hydrogens is 240 g/mol. The molecule has 0 amide bonds. The predicted molar refractivity (Wildman–Crippen MR) is 66.6 cm³/mol. The Bertz CT molecular complexity index is 371. The number of ether oxygens (including phenoxy) is 1. The van der Waals surface area contributed by atoms with Gasteiger partial charge >= 0.3 is 0 Å². The Morgan fingerprint density at radius 2 is 1.83 bits per heavy atom. The molecule has 2 N–H and O–H groups in total. The first-order valence-electron chi connectivity index (χ1n) is 5.79. The number of aliphatic hydroxyl groups excluding tert-OH is 1. The number of aliphatic hydroxyl groups is 1. The van der Waals surface area contributed by atoms with Gasteiger partial charge in [-0.2, -0.15) is 0 Å². The van der Waals surface area contributed by atoms with Gasteiger partial charge in [0.05, 0.1) is 18.3 Å². The second-order valence-corrected chi connectivity index (χ2v) is 5.05. The van der Waals surface area contributed by atoms with Gasteiger partial charge in [-0.1, -0.05) is 6.07 Å². The fourth-order valence-electron chi connectivity index (χ4n) is 1.29. The minimum absolute atomic E-state index is 0.0218. The largest absolute Gasteiger partial charge is 0.389 e. The lowest BCUT2D eigenvalue weighted by molar-refractivity contribution is -0.0450. The SMILES string of the molecule is CC(C)(C)OCC(O)CNc1c(F)cccc1F. The number of rotatable bonds is 5. The molecular formula is C13H19F2NO2. The van der Waals surface area contributed by atoms with Crippen molar-refractivity contribution in [3.8, 4) is 0 Å². The quantitative estimate of drug-likeness (QED) is 0.854. The van der Waals surface area contributed by atoms with E-state index in [1.165, 1.54) is 6.07 Å². The highest BCUT2D eigenvalue weighted by Crippen LogP contribution is 2.17. The molecule has 0 fully saturated rings. The van der Waals surface area contributed by atoms with Gasteiger partial charge in [0.15, 0.2) is 0 Å². The average Bonchev–Trinajstić information content (AvgIpc) is 2.25. The summed E-state index contributed by atoms with van der Waals surface area (Å²) in [6, 6.07) is 3.60. The van der Waals surface area contributed by atoms with Crippen molar-refractivity contribution in [2.24, 2.45) is 0 Å². The number of para-hydroxylation sites is 1.